The number of pyridine rings is 3. The van der Waals surface area contributed by atoms with Gasteiger partial charge in [-0.2, -0.15) is 0 Å². The quantitative estimate of drug-likeness (QED) is 0.427. The molecule has 3 heterocycles. The normalized spacial score (nSPS) is 11.1. The Morgan fingerprint density at radius 2 is 1.38 bits per heavy atom. The van der Waals surface area contributed by atoms with Gasteiger partial charge in [-0.3, -0.25) is 9.97 Å². The second kappa shape index (κ2) is 6.05. The molecule has 0 aliphatic carbocycles. The smallest absolute Gasteiger partial charge is 0.0732 e. The molecule has 2 aromatic carbocycles. The van der Waals surface area contributed by atoms with E-state index in [0.29, 0.717) is 0 Å². The summed E-state index contributed by atoms with van der Waals surface area (Å²) in [7, 11) is 0. The average molecular weight is 333 g/mol. The van der Waals surface area contributed by atoms with E-state index in [1.165, 1.54) is 0 Å². The van der Waals surface area contributed by atoms with Gasteiger partial charge in [0, 0.05) is 34.3 Å². The number of benzene rings is 2. The lowest BCUT2D eigenvalue weighted by atomic mass is 9.97. The van der Waals surface area contributed by atoms with Crippen LogP contribution < -0.4 is 0 Å². The van der Waals surface area contributed by atoms with Crippen molar-refractivity contribution in [3.05, 3.63) is 91.3 Å². The van der Waals surface area contributed by atoms with Gasteiger partial charge in [0.25, 0.3) is 0 Å². The van der Waals surface area contributed by atoms with Crippen molar-refractivity contribution in [1.82, 2.24) is 15.0 Å². The minimum atomic E-state index is 0.905. The molecule has 0 N–H and O–H groups in total. The Hall–Kier alpha value is -3.59. The van der Waals surface area contributed by atoms with E-state index in [-0.39, 0.29) is 0 Å². The average Bonchev–Trinajstić information content (AvgIpc) is 2.73. The van der Waals surface area contributed by atoms with Gasteiger partial charge in [0.05, 0.1) is 22.4 Å². The van der Waals surface area contributed by atoms with Gasteiger partial charge in [-0.15, -0.1) is 0 Å². The zero-order chi connectivity index (χ0) is 17.3. The summed E-state index contributed by atoms with van der Waals surface area (Å²) in [4.78, 5) is 14.1. The highest BCUT2D eigenvalue weighted by atomic mass is 14.7. The molecule has 0 spiro atoms. The van der Waals surface area contributed by atoms with E-state index in [2.05, 4.69) is 34.2 Å². The van der Waals surface area contributed by atoms with Crippen LogP contribution in [-0.2, 0) is 0 Å². The zero-order valence-corrected chi connectivity index (χ0v) is 14.0. The first kappa shape index (κ1) is 14.7. The highest BCUT2D eigenvalue weighted by molar-refractivity contribution is 6.01. The van der Waals surface area contributed by atoms with Gasteiger partial charge in [0.15, 0.2) is 0 Å². The molecular weight excluding hydrogens is 318 g/mol. The number of hydrogen-bond acceptors (Lipinski definition) is 3. The number of aromatic nitrogens is 3. The van der Waals surface area contributed by atoms with E-state index in [9.17, 15) is 0 Å². The number of nitrogens with zero attached hydrogens (tertiary/aromatic N) is 3. The van der Waals surface area contributed by atoms with Gasteiger partial charge in [-0.1, -0.05) is 48.5 Å². The van der Waals surface area contributed by atoms with Crippen molar-refractivity contribution in [2.45, 2.75) is 0 Å². The summed E-state index contributed by atoms with van der Waals surface area (Å²) in [5, 5.41) is 2.21. The summed E-state index contributed by atoms with van der Waals surface area (Å²) in [6, 6.07) is 26.4. The predicted molar refractivity (Wildman–Crippen MR) is 106 cm³/mol. The molecule has 5 rings (SSSR count). The second-order valence-electron chi connectivity index (χ2n) is 6.17. The minimum absolute atomic E-state index is 0.905. The highest BCUT2D eigenvalue weighted by Crippen LogP contribution is 2.35. The Kier molecular flexibility index (Phi) is 3.42. The molecule has 0 saturated heterocycles. The molecule has 0 bridgehead atoms. The van der Waals surface area contributed by atoms with Crippen LogP contribution in [0.15, 0.2) is 91.3 Å². The van der Waals surface area contributed by atoms with Gasteiger partial charge in [0.1, 0.15) is 0 Å². The summed E-state index contributed by atoms with van der Waals surface area (Å²) in [5.74, 6) is 0. The standard InChI is InChI=1S/C23H15N3/c1-3-9-19-16(7-1)12-13-21(26-19)18-15-25-20-10-4-2-8-17(20)23(18)22-11-5-6-14-24-22/h1-15H. The van der Waals surface area contributed by atoms with E-state index in [1.807, 2.05) is 67.0 Å². The van der Waals surface area contributed by atoms with Crippen LogP contribution in [0.3, 0.4) is 0 Å². The van der Waals surface area contributed by atoms with Crippen LogP contribution in [-0.4, -0.2) is 15.0 Å². The Morgan fingerprint density at radius 3 is 2.27 bits per heavy atom. The monoisotopic (exact) mass is 333 g/mol. The first-order chi connectivity index (χ1) is 12.9. The predicted octanol–water partition coefficient (Wildman–Crippen LogP) is 5.51. The SMILES string of the molecule is c1ccc(-c2c(-c3ccc4ccccc4n3)cnc3ccccc23)nc1. The Morgan fingerprint density at radius 1 is 0.577 bits per heavy atom. The molecule has 0 radical (unpaired) electrons. The van der Waals surface area contributed by atoms with Crippen LogP contribution in [0.1, 0.15) is 0 Å². The van der Waals surface area contributed by atoms with Crippen molar-refractivity contribution in [2.24, 2.45) is 0 Å². The maximum atomic E-state index is 4.87. The molecule has 0 unspecified atom stereocenters. The van der Waals surface area contributed by atoms with Crippen molar-refractivity contribution < 1.29 is 0 Å². The lowest BCUT2D eigenvalue weighted by Gasteiger charge is -2.12. The van der Waals surface area contributed by atoms with Crippen LogP contribution in [0, 0.1) is 0 Å². The molecule has 0 amide bonds. The molecule has 0 fully saturated rings. The van der Waals surface area contributed by atoms with Crippen molar-refractivity contribution in [1.29, 1.82) is 0 Å². The molecule has 3 nitrogen and oxygen atoms in total. The lowest BCUT2D eigenvalue weighted by molar-refractivity contribution is 1.31. The van der Waals surface area contributed by atoms with Gasteiger partial charge in [0.2, 0.25) is 0 Å². The summed E-state index contributed by atoms with van der Waals surface area (Å²) in [5.41, 5.74) is 5.83. The Balaban J connectivity index is 1.84. The lowest BCUT2D eigenvalue weighted by Crippen LogP contribution is -1.94. The van der Waals surface area contributed by atoms with E-state index in [1.54, 1.807) is 0 Å². The van der Waals surface area contributed by atoms with Crippen LogP contribution >= 0.6 is 0 Å². The number of hydrogen-bond donors (Lipinski definition) is 0. The van der Waals surface area contributed by atoms with Crippen LogP contribution in [0.5, 0.6) is 0 Å². The Labute approximate surface area is 151 Å². The molecule has 3 heteroatoms. The summed E-state index contributed by atoms with van der Waals surface area (Å²) >= 11 is 0. The highest BCUT2D eigenvalue weighted by Gasteiger charge is 2.14. The van der Waals surface area contributed by atoms with Gasteiger partial charge in [-0.05, 0) is 30.3 Å². The fourth-order valence-electron chi connectivity index (χ4n) is 3.34. The van der Waals surface area contributed by atoms with Crippen molar-refractivity contribution in [3.8, 4) is 22.5 Å². The molecule has 122 valence electrons. The minimum Gasteiger partial charge on any atom is -0.256 e. The van der Waals surface area contributed by atoms with Crippen molar-refractivity contribution in [3.63, 3.8) is 0 Å². The summed E-state index contributed by atoms with van der Waals surface area (Å²) in [6.07, 6.45) is 3.73. The molecular formula is C23H15N3. The molecule has 0 aliphatic rings. The second-order valence-corrected chi connectivity index (χ2v) is 6.17. The fraction of sp³-hybridized carbons (Fsp3) is 0. The zero-order valence-electron chi connectivity index (χ0n) is 14.0. The molecule has 0 saturated carbocycles. The maximum absolute atomic E-state index is 4.87. The van der Waals surface area contributed by atoms with Crippen molar-refractivity contribution in [2.75, 3.05) is 0 Å². The van der Waals surface area contributed by atoms with E-state index >= 15 is 0 Å². The summed E-state index contributed by atoms with van der Waals surface area (Å²) in [6.45, 7) is 0. The van der Waals surface area contributed by atoms with E-state index in [0.717, 1.165) is 44.3 Å². The molecule has 26 heavy (non-hydrogen) atoms. The largest absolute Gasteiger partial charge is 0.256 e. The molecule has 3 aromatic heterocycles. The Bertz CT molecular complexity index is 1230. The van der Waals surface area contributed by atoms with E-state index in [4.69, 9.17) is 4.98 Å². The topological polar surface area (TPSA) is 38.7 Å². The molecule has 0 atom stereocenters. The maximum Gasteiger partial charge on any atom is 0.0732 e. The van der Waals surface area contributed by atoms with Crippen LogP contribution in [0.2, 0.25) is 0 Å². The van der Waals surface area contributed by atoms with Crippen LogP contribution in [0.25, 0.3) is 44.3 Å². The van der Waals surface area contributed by atoms with Gasteiger partial charge >= 0.3 is 0 Å². The third-order valence-corrected chi connectivity index (χ3v) is 4.57. The number of fused-ring (bicyclic) bond motifs is 2. The molecule has 0 aliphatic heterocycles. The fourth-order valence-corrected chi connectivity index (χ4v) is 3.34. The third kappa shape index (κ3) is 2.42. The van der Waals surface area contributed by atoms with Crippen LogP contribution in [0.4, 0.5) is 0 Å². The summed E-state index contributed by atoms with van der Waals surface area (Å²) < 4.78 is 0. The van der Waals surface area contributed by atoms with Gasteiger partial charge in [-0.25, -0.2) is 4.98 Å². The molecule has 5 aromatic rings. The first-order valence-electron chi connectivity index (χ1n) is 8.55. The third-order valence-electron chi connectivity index (χ3n) is 4.57. The van der Waals surface area contributed by atoms with E-state index < -0.39 is 0 Å². The first-order valence-corrected chi connectivity index (χ1v) is 8.55. The number of rotatable bonds is 2. The van der Waals surface area contributed by atoms with Gasteiger partial charge < -0.3 is 0 Å². The number of para-hydroxylation sites is 2. The van der Waals surface area contributed by atoms with Crippen molar-refractivity contribution >= 4 is 21.8 Å².